The van der Waals surface area contributed by atoms with Crippen LogP contribution in [-0.4, -0.2) is 9.38 Å². The maximum Gasteiger partial charge on any atom is 0.138 e. The zero-order chi connectivity index (χ0) is 14.1. The number of nitrogens with two attached hydrogens (primary N) is 1. The minimum absolute atomic E-state index is 0.374. The van der Waals surface area contributed by atoms with E-state index in [0.717, 1.165) is 17.8 Å². The van der Waals surface area contributed by atoms with Gasteiger partial charge >= 0.3 is 0 Å². The topological polar surface area (TPSA) is 43.3 Å². The number of nitrogen functional groups attached to an aromatic ring is 1. The average molecular weight is 286 g/mol. The molecule has 20 heavy (non-hydrogen) atoms. The van der Waals surface area contributed by atoms with Crippen molar-refractivity contribution in [3.8, 4) is 0 Å². The van der Waals surface area contributed by atoms with E-state index in [1.54, 1.807) is 6.20 Å². The number of rotatable bonds is 3. The molecule has 3 aromatic rings. The van der Waals surface area contributed by atoms with Crippen LogP contribution in [0.15, 0.2) is 48.7 Å². The van der Waals surface area contributed by atoms with Crippen LogP contribution in [0.3, 0.4) is 0 Å². The fraction of sp³-hybridized carbons (Fsp3) is 0.188. The monoisotopic (exact) mass is 285 g/mol. The molecule has 0 fully saturated rings. The van der Waals surface area contributed by atoms with Crippen LogP contribution in [-0.2, 0) is 6.42 Å². The van der Waals surface area contributed by atoms with Crippen molar-refractivity contribution in [1.29, 1.82) is 0 Å². The average Bonchev–Trinajstić information content (AvgIpc) is 2.76. The van der Waals surface area contributed by atoms with E-state index in [1.807, 2.05) is 22.6 Å². The maximum atomic E-state index is 6.18. The maximum absolute atomic E-state index is 6.18. The van der Waals surface area contributed by atoms with Crippen LogP contribution >= 0.6 is 11.6 Å². The van der Waals surface area contributed by atoms with Gasteiger partial charge in [-0.05, 0) is 23.6 Å². The number of nitrogens with zero attached hydrogens (tertiary/aromatic N) is 2. The number of anilines is 1. The second-order valence-corrected chi connectivity index (χ2v) is 5.47. The number of hydrogen-bond acceptors (Lipinski definition) is 2. The van der Waals surface area contributed by atoms with E-state index in [9.17, 15) is 0 Å². The number of benzene rings is 1. The Kier molecular flexibility index (Phi) is 3.36. The lowest BCUT2D eigenvalue weighted by molar-refractivity contribution is 0.747. The van der Waals surface area contributed by atoms with Crippen molar-refractivity contribution in [2.24, 2.45) is 0 Å². The van der Waals surface area contributed by atoms with Crippen LogP contribution in [0.4, 0.5) is 5.82 Å². The van der Waals surface area contributed by atoms with Crippen molar-refractivity contribution in [1.82, 2.24) is 9.38 Å². The van der Waals surface area contributed by atoms with Crippen LogP contribution in [0.5, 0.6) is 0 Å². The molecule has 0 aliphatic heterocycles. The van der Waals surface area contributed by atoms with Crippen molar-refractivity contribution in [2.75, 3.05) is 5.73 Å². The molecule has 4 heteroatoms. The van der Waals surface area contributed by atoms with E-state index < -0.39 is 0 Å². The third kappa shape index (κ3) is 2.37. The predicted molar refractivity (Wildman–Crippen MR) is 83.2 cm³/mol. The summed E-state index contributed by atoms with van der Waals surface area (Å²) in [6.07, 6.45) is 2.62. The molecular weight excluding hydrogens is 270 g/mol. The molecule has 1 unspecified atom stereocenters. The molecule has 0 aliphatic carbocycles. The van der Waals surface area contributed by atoms with Crippen molar-refractivity contribution in [3.63, 3.8) is 0 Å². The number of aromatic nitrogens is 2. The second kappa shape index (κ2) is 5.17. The minimum atomic E-state index is 0.374. The van der Waals surface area contributed by atoms with Crippen LogP contribution in [0.25, 0.3) is 5.65 Å². The SMILES string of the molecule is CC(Cc1nc2ccc(Cl)cn2c1N)c1ccccc1. The van der Waals surface area contributed by atoms with Gasteiger partial charge in [-0.2, -0.15) is 0 Å². The molecule has 0 saturated heterocycles. The fourth-order valence-corrected chi connectivity index (χ4v) is 2.59. The molecule has 0 aliphatic rings. The van der Waals surface area contributed by atoms with Crippen LogP contribution in [0.2, 0.25) is 5.02 Å². The van der Waals surface area contributed by atoms with E-state index >= 15 is 0 Å². The van der Waals surface area contributed by atoms with Gasteiger partial charge < -0.3 is 5.73 Å². The molecule has 0 spiro atoms. The number of fused-ring (bicyclic) bond motifs is 1. The van der Waals surface area contributed by atoms with Gasteiger partial charge in [-0.15, -0.1) is 0 Å². The zero-order valence-corrected chi connectivity index (χ0v) is 12.0. The largest absolute Gasteiger partial charge is 0.383 e. The Labute approximate surface area is 123 Å². The summed E-state index contributed by atoms with van der Waals surface area (Å²) in [5, 5.41) is 0.657. The van der Waals surface area contributed by atoms with Crippen molar-refractivity contribution in [3.05, 3.63) is 64.9 Å². The van der Waals surface area contributed by atoms with Gasteiger partial charge in [-0.3, -0.25) is 4.40 Å². The predicted octanol–water partition coefficient (Wildman–Crippen LogP) is 3.92. The molecule has 1 aromatic carbocycles. The Morgan fingerprint density at radius 3 is 2.70 bits per heavy atom. The summed E-state index contributed by atoms with van der Waals surface area (Å²) < 4.78 is 1.84. The standard InChI is InChI=1S/C16H16ClN3/c1-11(12-5-3-2-4-6-12)9-14-16(18)20-10-13(17)7-8-15(20)19-14/h2-8,10-11H,9,18H2,1H3. The highest BCUT2D eigenvalue weighted by Gasteiger charge is 2.14. The quantitative estimate of drug-likeness (QED) is 0.793. The molecule has 2 heterocycles. The smallest absolute Gasteiger partial charge is 0.138 e. The summed E-state index contributed by atoms with van der Waals surface area (Å²) >= 11 is 6.00. The van der Waals surface area contributed by atoms with Gasteiger partial charge in [0.1, 0.15) is 11.5 Å². The van der Waals surface area contributed by atoms with Gasteiger partial charge in [0.2, 0.25) is 0 Å². The highest BCUT2D eigenvalue weighted by molar-refractivity contribution is 6.30. The van der Waals surface area contributed by atoms with Gasteiger partial charge in [0, 0.05) is 12.6 Å². The molecule has 0 saturated carbocycles. The first-order chi connectivity index (χ1) is 9.65. The summed E-state index contributed by atoms with van der Waals surface area (Å²) in [4.78, 5) is 4.60. The molecule has 2 N–H and O–H groups in total. The Morgan fingerprint density at radius 2 is 1.95 bits per heavy atom. The molecule has 0 bridgehead atoms. The molecular formula is C16H16ClN3. The third-order valence-corrected chi connectivity index (χ3v) is 3.79. The summed E-state index contributed by atoms with van der Waals surface area (Å²) in [6.45, 7) is 2.19. The zero-order valence-electron chi connectivity index (χ0n) is 11.3. The lowest BCUT2D eigenvalue weighted by Gasteiger charge is -2.10. The van der Waals surface area contributed by atoms with E-state index in [1.165, 1.54) is 5.56 Å². The molecule has 102 valence electrons. The normalized spacial score (nSPS) is 12.7. The number of hydrogen-bond donors (Lipinski definition) is 1. The van der Waals surface area contributed by atoms with Gasteiger partial charge in [-0.25, -0.2) is 4.98 Å². The van der Waals surface area contributed by atoms with Crippen LogP contribution < -0.4 is 5.73 Å². The van der Waals surface area contributed by atoms with Gasteiger partial charge in [0.25, 0.3) is 0 Å². The Morgan fingerprint density at radius 1 is 1.20 bits per heavy atom. The minimum Gasteiger partial charge on any atom is -0.383 e. The lowest BCUT2D eigenvalue weighted by Crippen LogP contribution is -2.02. The lowest BCUT2D eigenvalue weighted by atomic mass is 9.96. The van der Waals surface area contributed by atoms with Gasteiger partial charge in [-0.1, -0.05) is 48.9 Å². The van der Waals surface area contributed by atoms with Gasteiger partial charge in [0.05, 0.1) is 10.7 Å². The van der Waals surface area contributed by atoms with Crippen LogP contribution in [0.1, 0.15) is 24.1 Å². The van der Waals surface area contributed by atoms with E-state index in [2.05, 4.69) is 36.2 Å². The molecule has 0 amide bonds. The molecule has 3 rings (SSSR count). The Bertz CT molecular complexity index is 734. The molecule has 0 radical (unpaired) electrons. The third-order valence-electron chi connectivity index (χ3n) is 3.56. The summed E-state index contributed by atoms with van der Waals surface area (Å²) in [6, 6.07) is 14.1. The number of pyridine rings is 1. The summed E-state index contributed by atoms with van der Waals surface area (Å²) in [7, 11) is 0. The Hall–Kier alpha value is -2.00. The summed E-state index contributed by atoms with van der Waals surface area (Å²) in [5.74, 6) is 1.05. The summed E-state index contributed by atoms with van der Waals surface area (Å²) in [5.41, 5.74) is 9.22. The van der Waals surface area contributed by atoms with E-state index in [0.29, 0.717) is 16.8 Å². The van der Waals surface area contributed by atoms with E-state index in [4.69, 9.17) is 17.3 Å². The van der Waals surface area contributed by atoms with Crippen molar-refractivity contribution < 1.29 is 0 Å². The fourth-order valence-electron chi connectivity index (χ4n) is 2.43. The highest BCUT2D eigenvalue weighted by atomic mass is 35.5. The second-order valence-electron chi connectivity index (χ2n) is 5.04. The first kappa shape index (κ1) is 13.0. The highest BCUT2D eigenvalue weighted by Crippen LogP contribution is 2.24. The Balaban J connectivity index is 1.93. The molecule has 2 aromatic heterocycles. The van der Waals surface area contributed by atoms with Gasteiger partial charge in [0.15, 0.2) is 0 Å². The van der Waals surface area contributed by atoms with E-state index in [-0.39, 0.29) is 0 Å². The first-order valence-corrected chi connectivity index (χ1v) is 7.00. The number of halogens is 1. The molecule has 1 atom stereocenters. The first-order valence-electron chi connectivity index (χ1n) is 6.62. The van der Waals surface area contributed by atoms with Crippen LogP contribution in [0, 0.1) is 0 Å². The van der Waals surface area contributed by atoms with Crippen molar-refractivity contribution >= 4 is 23.1 Å². The van der Waals surface area contributed by atoms with Crippen molar-refractivity contribution in [2.45, 2.75) is 19.3 Å². The molecule has 3 nitrogen and oxygen atoms in total. The number of imidazole rings is 1.